The molecular weight excluding hydrogens is 262 g/mol. The molecule has 2 N–H and O–H groups in total. The van der Waals surface area contributed by atoms with Crippen LogP contribution in [-0.2, 0) is 10.0 Å². The lowest BCUT2D eigenvalue weighted by molar-refractivity contribution is 0.411. The van der Waals surface area contributed by atoms with E-state index >= 15 is 0 Å². The lowest BCUT2D eigenvalue weighted by Crippen LogP contribution is -2.33. The third-order valence-electron chi connectivity index (χ3n) is 3.15. The van der Waals surface area contributed by atoms with Gasteiger partial charge in [0.15, 0.2) is 0 Å². The first-order chi connectivity index (χ1) is 8.85. The Morgan fingerprint density at radius 3 is 2.58 bits per heavy atom. The van der Waals surface area contributed by atoms with Crippen LogP contribution in [0.5, 0.6) is 0 Å². The summed E-state index contributed by atoms with van der Waals surface area (Å²) in [6.07, 6.45) is 1.57. The fraction of sp³-hybridized carbons (Fsp3) is 0.308. The smallest absolute Gasteiger partial charge is 0.245 e. The molecule has 0 unspecified atom stereocenters. The molecule has 1 aromatic heterocycles. The van der Waals surface area contributed by atoms with Crippen LogP contribution in [0.4, 0.5) is 5.69 Å². The Morgan fingerprint density at radius 1 is 1.26 bits per heavy atom. The second-order valence-corrected chi connectivity index (χ2v) is 6.63. The van der Waals surface area contributed by atoms with Crippen molar-refractivity contribution in [3.63, 3.8) is 0 Å². The van der Waals surface area contributed by atoms with Crippen LogP contribution in [0.15, 0.2) is 35.4 Å². The van der Waals surface area contributed by atoms with Gasteiger partial charge in [-0.05, 0) is 38.1 Å². The number of fused-ring (bicyclic) bond motifs is 1. The standard InChI is InChI=1S/C13H17N3O2S/c1-9(2)16(3)19(17,18)12-7-6-11(14)10-5-4-8-15-13(10)12/h4-9H,14H2,1-3H3. The Hall–Kier alpha value is -1.66. The number of benzene rings is 1. The van der Waals surface area contributed by atoms with Crippen LogP contribution < -0.4 is 5.73 Å². The number of anilines is 1. The van der Waals surface area contributed by atoms with Crippen molar-refractivity contribution in [1.29, 1.82) is 0 Å². The highest BCUT2D eigenvalue weighted by atomic mass is 32.2. The van der Waals surface area contributed by atoms with E-state index in [0.717, 1.165) is 0 Å². The van der Waals surface area contributed by atoms with E-state index in [1.54, 1.807) is 31.4 Å². The van der Waals surface area contributed by atoms with E-state index in [4.69, 9.17) is 5.73 Å². The van der Waals surface area contributed by atoms with Crippen LogP contribution in [0.25, 0.3) is 10.9 Å². The van der Waals surface area contributed by atoms with Crippen molar-refractivity contribution in [3.8, 4) is 0 Å². The highest BCUT2D eigenvalue weighted by molar-refractivity contribution is 7.89. The summed E-state index contributed by atoms with van der Waals surface area (Å²) in [4.78, 5) is 4.35. The Bertz CT molecular complexity index is 711. The molecule has 102 valence electrons. The normalized spacial score (nSPS) is 12.5. The van der Waals surface area contributed by atoms with E-state index in [1.165, 1.54) is 10.4 Å². The maximum atomic E-state index is 12.5. The zero-order chi connectivity index (χ0) is 14.2. The van der Waals surface area contributed by atoms with Gasteiger partial charge in [-0.15, -0.1) is 0 Å². The molecule has 1 heterocycles. The molecule has 0 aliphatic carbocycles. The van der Waals surface area contributed by atoms with Crippen molar-refractivity contribution in [2.24, 2.45) is 0 Å². The second-order valence-electron chi connectivity index (χ2n) is 4.67. The van der Waals surface area contributed by atoms with Crippen LogP contribution in [0, 0.1) is 0 Å². The van der Waals surface area contributed by atoms with Crippen LogP contribution in [0.3, 0.4) is 0 Å². The van der Waals surface area contributed by atoms with Gasteiger partial charge in [-0.1, -0.05) is 0 Å². The van der Waals surface area contributed by atoms with E-state index in [9.17, 15) is 8.42 Å². The third-order valence-corrected chi connectivity index (χ3v) is 5.22. The first kappa shape index (κ1) is 13.8. The highest BCUT2D eigenvalue weighted by Gasteiger charge is 2.26. The number of rotatable bonds is 3. The SMILES string of the molecule is CC(C)N(C)S(=O)(=O)c1ccc(N)c2cccnc12. The molecule has 0 radical (unpaired) electrons. The van der Waals surface area contributed by atoms with Gasteiger partial charge in [0, 0.05) is 30.4 Å². The van der Waals surface area contributed by atoms with E-state index < -0.39 is 10.0 Å². The molecule has 0 atom stereocenters. The fourth-order valence-electron chi connectivity index (χ4n) is 1.81. The van der Waals surface area contributed by atoms with Crippen LogP contribution >= 0.6 is 0 Å². The summed E-state index contributed by atoms with van der Waals surface area (Å²) in [6.45, 7) is 3.65. The molecule has 2 rings (SSSR count). The van der Waals surface area contributed by atoms with E-state index in [1.807, 2.05) is 13.8 Å². The minimum Gasteiger partial charge on any atom is -0.398 e. The lowest BCUT2D eigenvalue weighted by Gasteiger charge is -2.21. The maximum absolute atomic E-state index is 12.5. The number of nitrogens with two attached hydrogens (primary N) is 1. The Morgan fingerprint density at radius 2 is 1.95 bits per heavy atom. The quantitative estimate of drug-likeness (QED) is 0.870. The molecule has 0 aliphatic heterocycles. The van der Waals surface area contributed by atoms with Crippen LogP contribution in [0.2, 0.25) is 0 Å². The molecule has 0 aliphatic rings. The monoisotopic (exact) mass is 279 g/mol. The van der Waals surface area contributed by atoms with Crippen molar-refractivity contribution >= 4 is 26.6 Å². The van der Waals surface area contributed by atoms with E-state index in [2.05, 4.69) is 4.98 Å². The summed E-state index contributed by atoms with van der Waals surface area (Å²) in [5.74, 6) is 0. The van der Waals surface area contributed by atoms with Gasteiger partial charge in [-0.25, -0.2) is 8.42 Å². The first-order valence-electron chi connectivity index (χ1n) is 5.97. The summed E-state index contributed by atoms with van der Waals surface area (Å²) in [5.41, 5.74) is 6.79. The molecule has 6 heteroatoms. The highest BCUT2D eigenvalue weighted by Crippen LogP contribution is 2.28. The van der Waals surface area contributed by atoms with Crippen molar-refractivity contribution in [2.75, 3.05) is 12.8 Å². The molecule has 0 fully saturated rings. The fourth-order valence-corrected chi connectivity index (χ4v) is 3.32. The van der Waals surface area contributed by atoms with E-state index in [0.29, 0.717) is 16.6 Å². The Balaban J connectivity index is 2.74. The molecule has 19 heavy (non-hydrogen) atoms. The largest absolute Gasteiger partial charge is 0.398 e. The van der Waals surface area contributed by atoms with Gasteiger partial charge < -0.3 is 5.73 Å². The summed E-state index contributed by atoms with van der Waals surface area (Å²) < 4.78 is 26.4. The Labute approximate surface area is 113 Å². The number of nitrogens with zero attached hydrogens (tertiary/aromatic N) is 2. The molecule has 0 saturated carbocycles. The van der Waals surface area contributed by atoms with Gasteiger partial charge in [0.05, 0.1) is 5.52 Å². The Kier molecular flexibility index (Phi) is 3.47. The molecule has 0 saturated heterocycles. The van der Waals surface area contributed by atoms with Crippen LogP contribution in [0.1, 0.15) is 13.8 Å². The zero-order valence-corrected chi connectivity index (χ0v) is 12.0. The van der Waals surface area contributed by atoms with Crippen LogP contribution in [-0.4, -0.2) is 30.8 Å². The molecule has 0 amide bonds. The molecule has 5 nitrogen and oxygen atoms in total. The van der Waals surface area contributed by atoms with Crippen molar-refractivity contribution < 1.29 is 8.42 Å². The van der Waals surface area contributed by atoms with Gasteiger partial charge in [0.25, 0.3) is 0 Å². The average Bonchev–Trinajstić information content (AvgIpc) is 2.38. The predicted molar refractivity (Wildman–Crippen MR) is 76.2 cm³/mol. The lowest BCUT2D eigenvalue weighted by atomic mass is 10.2. The minimum atomic E-state index is -3.57. The summed E-state index contributed by atoms with van der Waals surface area (Å²) in [7, 11) is -2.01. The van der Waals surface area contributed by atoms with Gasteiger partial charge in [-0.3, -0.25) is 4.98 Å². The summed E-state index contributed by atoms with van der Waals surface area (Å²) >= 11 is 0. The molecule has 2 aromatic rings. The van der Waals surface area contributed by atoms with E-state index in [-0.39, 0.29) is 10.9 Å². The van der Waals surface area contributed by atoms with Gasteiger partial charge in [0.1, 0.15) is 4.90 Å². The number of hydrogen-bond donors (Lipinski definition) is 1. The second kappa shape index (κ2) is 4.79. The molecule has 0 spiro atoms. The molecule has 1 aromatic carbocycles. The van der Waals surface area contributed by atoms with Crippen molar-refractivity contribution in [2.45, 2.75) is 24.8 Å². The third kappa shape index (κ3) is 2.29. The van der Waals surface area contributed by atoms with Gasteiger partial charge >= 0.3 is 0 Å². The average molecular weight is 279 g/mol. The number of pyridine rings is 1. The number of aromatic nitrogens is 1. The van der Waals surface area contributed by atoms with Crippen molar-refractivity contribution in [1.82, 2.24) is 9.29 Å². The topological polar surface area (TPSA) is 76.3 Å². The molecular formula is C13H17N3O2S. The zero-order valence-electron chi connectivity index (χ0n) is 11.2. The minimum absolute atomic E-state index is 0.124. The number of nitrogen functional groups attached to an aromatic ring is 1. The predicted octanol–water partition coefficient (Wildman–Crippen LogP) is 1.85. The van der Waals surface area contributed by atoms with Gasteiger partial charge in [-0.2, -0.15) is 4.31 Å². The number of sulfonamides is 1. The van der Waals surface area contributed by atoms with Crippen molar-refractivity contribution in [3.05, 3.63) is 30.5 Å². The van der Waals surface area contributed by atoms with Gasteiger partial charge in [0.2, 0.25) is 10.0 Å². The number of hydrogen-bond acceptors (Lipinski definition) is 4. The summed E-state index contributed by atoms with van der Waals surface area (Å²) in [5, 5.41) is 0.653. The summed E-state index contributed by atoms with van der Waals surface area (Å²) in [6, 6.07) is 6.50. The maximum Gasteiger partial charge on any atom is 0.245 e. The molecule has 0 bridgehead atoms. The first-order valence-corrected chi connectivity index (χ1v) is 7.41.